The first-order valence-corrected chi connectivity index (χ1v) is 9.64. The van der Waals surface area contributed by atoms with E-state index >= 15 is 0 Å². The average Bonchev–Trinajstić information content (AvgIpc) is 2.73. The Morgan fingerprint density at radius 3 is 1.63 bits per heavy atom. The molecule has 5 heteroatoms. The molecule has 4 rings (SSSR count). The predicted molar refractivity (Wildman–Crippen MR) is 103 cm³/mol. The first kappa shape index (κ1) is 18.3. The van der Waals surface area contributed by atoms with Crippen LogP contribution in [0.25, 0.3) is 0 Å². The van der Waals surface area contributed by atoms with Gasteiger partial charge in [-0.25, -0.2) is 0 Å². The number of rotatable bonds is 6. The number of para-hydroxylation sites is 2. The molecule has 5 nitrogen and oxygen atoms in total. The van der Waals surface area contributed by atoms with Crippen LogP contribution in [0.1, 0.15) is 24.0 Å². The van der Waals surface area contributed by atoms with Crippen molar-refractivity contribution >= 4 is 0 Å². The van der Waals surface area contributed by atoms with Gasteiger partial charge < -0.3 is 25.0 Å². The number of aliphatic hydroxyl groups excluding tert-OH is 2. The zero-order chi connectivity index (χ0) is 18.7. The van der Waals surface area contributed by atoms with Crippen molar-refractivity contribution in [3.63, 3.8) is 0 Å². The average molecular weight is 369 g/mol. The minimum Gasteiger partial charge on any atom is -0.483 e. The van der Waals surface area contributed by atoms with E-state index in [4.69, 9.17) is 9.47 Å². The fourth-order valence-corrected chi connectivity index (χ4v) is 4.01. The Bertz CT molecular complexity index is 730. The molecule has 27 heavy (non-hydrogen) atoms. The van der Waals surface area contributed by atoms with Gasteiger partial charge in [-0.2, -0.15) is 0 Å². The normalized spacial score (nSPS) is 26.4. The smallest absolute Gasteiger partial charge is 0.145 e. The molecule has 0 radical (unpaired) electrons. The molecular weight excluding hydrogens is 342 g/mol. The number of hydrogen-bond acceptors (Lipinski definition) is 5. The SMILES string of the molecule is OCC1(CNCC2(CO)CCc3ccccc3O2)CCc2ccccc2O1. The third-order valence-electron chi connectivity index (χ3n) is 5.77. The summed E-state index contributed by atoms with van der Waals surface area (Å²) in [5.74, 6) is 1.69. The molecule has 0 aromatic heterocycles. The summed E-state index contributed by atoms with van der Waals surface area (Å²) in [4.78, 5) is 0. The first-order chi connectivity index (χ1) is 13.2. The summed E-state index contributed by atoms with van der Waals surface area (Å²) in [5, 5.41) is 23.4. The van der Waals surface area contributed by atoms with Gasteiger partial charge in [-0.15, -0.1) is 0 Å². The molecule has 2 aromatic rings. The monoisotopic (exact) mass is 369 g/mol. The minimum atomic E-state index is -0.641. The maximum Gasteiger partial charge on any atom is 0.145 e. The topological polar surface area (TPSA) is 71.0 Å². The Morgan fingerprint density at radius 1 is 0.741 bits per heavy atom. The van der Waals surface area contributed by atoms with E-state index in [-0.39, 0.29) is 13.2 Å². The van der Waals surface area contributed by atoms with E-state index in [1.54, 1.807) is 0 Å². The highest BCUT2D eigenvalue weighted by atomic mass is 16.5. The summed E-state index contributed by atoms with van der Waals surface area (Å²) in [6.45, 7) is 0.906. The van der Waals surface area contributed by atoms with Gasteiger partial charge >= 0.3 is 0 Å². The van der Waals surface area contributed by atoms with Gasteiger partial charge in [-0.1, -0.05) is 36.4 Å². The number of fused-ring (bicyclic) bond motifs is 2. The highest BCUT2D eigenvalue weighted by Gasteiger charge is 2.39. The molecule has 144 valence electrons. The van der Waals surface area contributed by atoms with E-state index in [1.807, 2.05) is 36.4 Å². The Kier molecular flexibility index (Phi) is 5.08. The zero-order valence-corrected chi connectivity index (χ0v) is 15.5. The highest BCUT2D eigenvalue weighted by molar-refractivity contribution is 5.37. The number of aryl methyl sites for hydroxylation is 2. The lowest BCUT2D eigenvalue weighted by Gasteiger charge is -2.40. The van der Waals surface area contributed by atoms with Crippen LogP contribution in [-0.4, -0.2) is 47.7 Å². The molecule has 2 aliphatic rings. The fraction of sp³-hybridized carbons (Fsp3) is 0.455. The molecule has 2 aliphatic heterocycles. The molecule has 3 N–H and O–H groups in total. The highest BCUT2D eigenvalue weighted by Crippen LogP contribution is 2.34. The second-order valence-corrected chi connectivity index (χ2v) is 7.71. The summed E-state index contributed by atoms with van der Waals surface area (Å²) in [5.41, 5.74) is 1.08. The van der Waals surface area contributed by atoms with Gasteiger partial charge in [0, 0.05) is 13.1 Å². The van der Waals surface area contributed by atoms with Gasteiger partial charge in [-0.3, -0.25) is 0 Å². The second-order valence-electron chi connectivity index (χ2n) is 7.71. The van der Waals surface area contributed by atoms with Crippen LogP contribution in [0.3, 0.4) is 0 Å². The minimum absolute atomic E-state index is 0.0514. The maximum absolute atomic E-state index is 10.0. The Balaban J connectivity index is 1.41. The molecule has 2 aromatic carbocycles. The summed E-state index contributed by atoms with van der Waals surface area (Å²) in [6, 6.07) is 16.0. The van der Waals surface area contributed by atoms with Crippen LogP contribution < -0.4 is 14.8 Å². The van der Waals surface area contributed by atoms with E-state index in [1.165, 1.54) is 11.1 Å². The summed E-state index contributed by atoms with van der Waals surface area (Å²) in [7, 11) is 0. The van der Waals surface area contributed by atoms with Gasteiger partial charge in [0.2, 0.25) is 0 Å². The standard InChI is InChI=1S/C22H27NO4/c24-15-21(11-9-17-5-1-3-7-19(17)26-21)13-23-14-22(16-25)12-10-18-6-2-4-8-20(18)27-22/h1-8,23-25H,9-16H2. The maximum atomic E-state index is 10.0. The quantitative estimate of drug-likeness (QED) is 0.727. The summed E-state index contributed by atoms with van der Waals surface area (Å²) < 4.78 is 12.3. The van der Waals surface area contributed by atoms with Crippen LogP contribution in [0.5, 0.6) is 11.5 Å². The van der Waals surface area contributed by atoms with E-state index in [2.05, 4.69) is 17.4 Å². The molecule has 0 bridgehead atoms. The largest absolute Gasteiger partial charge is 0.483 e. The molecule has 2 atom stereocenters. The van der Waals surface area contributed by atoms with Crippen molar-refractivity contribution in [2.45, 2.75) is 36.9 Å². The summed E-state index contributed by atoms with van der Waals surface area (Å²) >= 11 is 0. The van der Waals surface area contributed by atoms with Crippen molar-refractivity contribution in [2.24, 2.45) is 0 Å². The number of hydrogen-bond donors (Lipinski definition) is 3. The lowest BCUT2D eigenvalue weighted by molar-refractivity contribution is -0.0272. The van der Waals surface area contributed by atoms with E-state index in [0.717, 1.165) is 37.2 Å². The van der Waals surface area contributed by atoms with Crippen LogP contribution in [0.15, 0.2) is 48.5 Å². The zero-order valence-electron chi connectivity index (χ0n) is 15.5. The van der Waals surface area contributed by atoms with Crippen LogP contribution in [0.4, 0.5) is 0 Å². The molecule has 0 amide bonds. The van der Waals surface area contributed by atoms with Crippen molar-refractivity contribution in [1.29, 1.82) is 0 Å². The fourth-order valence-electron chi connectivity index (χ4n) is 4.01. The van der Waals surface area contributed by atoms with Gasteiger partial charge in [0.05, 0.1) is 13.2 Å². The van der Waals surface area contributed by atoms with E-state index < -0.39 is 11.2 Å². The second kappa shape index (κ2) is 7.50. The summed E-state index contributed by atoms with van der Waals surface area (Å²) in [6.07, 6.45) is 3.27. The van der Waals surface area contributed by atoms with E-state index in [9.17, 15) is 10.2 Å². The molecule has 0 saturated carbocycles. The Morgan fingerprint density at radius 2 is 1.19 bits per heavy atom. The third kappa shape index (κ3) is 3.68. The third-order valence-corrected chi connectivity index (χ3v) is 5.77. The van der Waals surface area contributed by atoms with Crippen molar-refractivity contribution < 1.29 is 19.7 Å². The van der Waals surface area contributed by atoms with Crippen molar-refractivity contribution in [3.8, 4) is 11.5 Å². The van der Waals surface area contributed by atoms with Crippen LogP contribution in [-0.2, 0) is 12.8 Å². The van der Waals surface area contributed by atoms with Gasteiger partial charge in [-0.05, 0) is 48.9 Å². The Labute approximate surface area is 159 Å². The first-order valence-electron chi connectivity index (χ1n) is 9.64. The van der Waals surface area contributed by atoms with Gasteiger partial charge in [0.1, 0.15) is 22.7 Å². The van der Waals surface area contributed by atoms with Crippen molar-refractivity contribution in [3.05, 3.63) is 59.7 Å². The van der Waals surface area contributed by atoms with Gasteiger partial charge in [0.25, 0.3) is 0 Å². The molecule has 2 unspecified atom stereocenters. The lowest BCUT2D eigenvalue weighted by atomic mass is 9.89. The Hall–Kier alpha value is -2.08. The number of aliphatic hydroxyl groups is 2. The van der Waals surface area contributed by atoms with E-state index in [0.29, 0.717) is 13.1 Å². The van der Waals surface area contributed by atoms with Crippen molar-refractivity contribution in [1.82, 2.24) is 5.32 Å². The molecule has 0 saturated heterocycles. The van der Waals surface area contributed by atoms with Crippen LogP contribution in [0.2, 0.25) is 0 Å². The van der Waals surface area contributed by atoms with Crippen LogP contribution >= 0.6 is 0 Å². The molecule has 0 aliphatic carbocycles. The molecule has 2 heterocycles. The number of benzene rings is 2. The molecule has 0 fully saturated rings. The molecule has 0 spiro atoms. The van der Waals surface area contributed by atoms with Gasteiger partial charge in [0.15, 0.2) is 0 Å². The van der Waals surface area contributed by atoms with Crippen molar-refractivity contribution in [2.75, 3.05) is 26.3 Å². The lowest BCUT2D eigenvalue weighted by Crippen LogP contribution is -2.56. The molecular formula is C22H27NO4. The number of ether oxygens (including phenoxy) is 2. The van der Waals surface area contributed by atoms with Crippen LogP contribution in [0, 0.1) is 0 Å². The predicted octanol–water partition coefficient (Wildman–Crippen LogP) is 2.09. The number of nitrogens with one attached hydrogen (secondary N) is 1.